The lowest BCUT2D eigenvalue weighted by molar-refractivity contribution is -0.379. The van der Waals surface area contributed by atoms with E-state index in [9.17, 15) is 61.0 Å². The van der Waals surface area contributed by atoms with Crippen molar-refractivity contribution >= 4 is 5.91 Å². The lowest BCUT2D eigenvalue weighted by atomic mass is 9.96. The van der Waals surface area contributed by atoms with E-state index in [2.05, 4.69) is 104 Å². The van der Waals surface area contributed by atoms with Gasteiger partial charge in [0.15, 0.2) is 18.9 Å². The van der Waals surface area contributed by atoms with Gasteiger partial charge in [-0.2, -0.15) is 0 Å². The van der Waals surface area contributed by atoms with E-state index in [1.807, 2.05) is 6.08 Å². The SMILES string of the molecule is CC/C=C\C/C=C\C/C=C\C/C=C\C/C=C\C/C=C\C/C=C\CCCCCCCCCCCCCCCC(=O)NC(COC1OC(CO)C(OC2OC(CO)C(OC3OC(CO)C(O)C(O)C3O)C(O)C2O)C(O)C1O)C(O)/C=C/CCCCCCCCCCCCCCCCCCCCCCCCC. The zero-order valence-electron chi connectivity index (χ0n) is 65.2. The minimum Gasteiger partial charge on any atom is -0.394 e. The summed E-state index contributed by atoms with van der Waals surface area (Å²) in [4.78, 5) is 13.5. The number of rotatable bonds is 66. The van der Waals surface area contributed by atoms with Crippen molar-refractivity contribution in [1.29, 1.82) is 0 Å². The maximum atomic E-state index is 13.5. The molecule has 0 spiro atoms. The molecule has 0 aromatic rings. The number of carbonyl (C=O) groups excluding carboxylic acids is 1. The van der Waals surface area contributed by atoms with Gasteiger partial charge >= 0.3 is 0 Å². The highest BCUT2D eigenvalue weighted by molar-refractivity contribution is 5.76. The van der Waals surface area contributed by atoms with Gasteiger partial charge in [-0.15, -0.1) is 0 Å². The summed E-state index contributed by atoms with van der Waals surface area (Å²) in [5, 5.41) is 121. The normalized spacial score (nSPS) is 26.3. The average Bonchev–Trinajstić information content (AvgIpc) is 0.781. The van der Waals surface area contributed by atoms with Crippen molar-refractivity contribution in [3.05, 3.63) is 97.2 Å². The van der Waals surface area contributed by atoms with Crippen LogP contribution in [0.1, 0.15) is 309 Å². The van der Waals surface area contributed by atoms with Crippen molar-refractivity contribution in [3.8, 4) is 0 Å². The molecular weight excluding hydrogens is 1330 g/mol. The predicted octanol–water partition coefficient (Wildman–Crippen LogP) is 14.7. The van der Waals surface area contributed by atoms with E-state index < -0.39 is 124 Å². The Kier molecular flexibility index (Phi) is 59.8. The maximum Gasteiger partial charge on any atom is 0.220 e. The maximum absolute atomic E-state index is 13.5. The van der Waals surface area contributed by atoms with Crippen molar-refractivity contribution in [2.45, 2.75) is 413 Å². The lowest BCUT2D eigenvalue weighted by Crippen LogP contribution is -2.66. The molecule has 3 rings (SSSR count). The monoisotopic (exact) mass is 1490 g/mol. The van der Waals surface area contributed by atoms with Crippen LogP contribution in [-0.4, -0.2) is 193 Å². The van der Waals surface area contributed by atoms with Gasteiger partial charge in [-0.1, -0.05) is 323 Å². The first-order valence-corrected chi connectivity index (χ1v) is 42.0. The number of carbonyl (C=O) groups is 1. The molecule has 17 unspecified atom stereocenters. The molecule has 1 amide bonds. The van der Waals surface area contributed by atoms with E-state index in [0.29, 0.717) is 6.42 Å². The summed E-state index contributed by atoms with van der Waals surface area (Å²) in [7, 11) is 0. The Morgan fingerprint density at radius 2 is 0.657 bits per heavy atom. The minimum absolute atomic E-state index is 0.238. The highest BCUT2D eigenvalue weighted by atomic mass is 16.8. The molecule has 0 bridgehead atoms. The van der Waals surface area contributed by atoms with Gasteiger partial charge in [0.1, 0.15) is 73.2 Å². The second-order valence-electron chi connectivity index (χ2n) is 29.6. The van der Waals surface area contributed by atoms with E-state index in [1.54, 1.807) is 6.08 Å². The van der Waals surface area contributed by atoms with Crippen molar-refractivity contribution in [1.82, 2.24) is 5.32 Å². The standard InChI is InChI=1S/C86H151NO18/c1-3-5-7-9-11-13-15-17-19-21-23-25-27-29-30-31-32-33-34-35-36-37-38-40-42-44-46-48-50-52-54-56-58-60-62-64-74(92)87-69(70(91)63-61-59-57-55-53-51-49-47-45-43-41-39-28-26-24-22-20-18-16-14-12-10-8-6-4-2)68-100-84-80(98)77(95)82(72(66-89)102-84)105-86-81(99)78(96)83(73(67-90)103-86)104-85-79(97)76(94)75(93)71(65-88)101-85/h5,7,11,13,17,19,23,25,29-30,32-33,35-36,61,63,69-73,75-86,88-91,93-99H,3-4,6,8-10,12,14-16,18,20-22,24,26-28,31,34,37-60,62,64-68H2,1-2H3,(H,87,92)/b7-5-,13-11-,19-17-,25-23-,30-29-,33-32-,36-35-,63-61+. The summed E-state index contributed by atoms with van der Waals surface area (Å²) >= 11 is 0. The summed E-state index contributed by atoms with van der Waals surface area (Å²) < 4.78 is 34.5. The van der Waals surface area contributed by atoms with Gasteiger partial charge in [-0.05, 0) is 77.0 Å². The van der Waals surface area contributed by atoms with Crippen molar-refractivity contribution in [3.63, 3.8) is 0 Å². The molecule has 19 heteroatoms. The third kappa shape index (κ3) is 45.0. The molecule has 3 aliphatic rings. The first-order chi connectivity index (χ1) is 51.3. The molecule has 3 aliphatic heterocycles. The van der Waals surface area contributed by atoms with E-state index in [4.69, 9.17) is 28.4 Å². The van der Waals surface area contributed by atoms with Crippen LogP contribution in [-0.2, 0) is 33.2 Å². The fraction of sp³-hybridized carbons (Fsp3) is 0.802. The zero-order chi connectivity index (χ0) is 76.0. The molecule has 608 valence electrons. The summed E-state index contributed by atoms with van der Waals surface area (Å²) in [6.07, 6.45) is 62.4. The Morgan fingerprint density at radius 3 is 1.03 bits per heavy atom. The van der Waals surface area contributed by atoms with Crippen LogP contribution in [0.25, 0.3) is 0 Å². The van der Waals surface area contributed by atoms with Crippen molar-refractivity contribution in [2.24, 2.45) is 0 Å². The predicted molar refractivity (Wildman–Crippen MR) is 420 cm³/mol. The van der Waals surface area contributed by atoms with Crippen LogP contribution in [0.15, 0.2) is 97.2 Å². The topological polar surface area (TPSA) is 307 Å². The fourth-order valence-corrected chi connectivity index (χ4v) is 13.7. The van der Waals surface area contributed by atoms with Crippen LogP contribution in [0.5, 0.6) is 0 Å². The van der Waals surface area contributed by atoms with Crippen molar-refractivity contribution in [2.75, 3.05) is 26.4 Å². The quantitative estimate of drug-likeness (QED) is 0.0199. The van der Waals surface area contributed by atoms with Gasteiger partial charge in [0.2, 0.25) is 5.91 Å². The second kappa shape index (κ2) is 65.4. The third-order valence-electron chi connectivity index (χ3n) is 20.4. The van der Waals surface area contributed by atoms with Crippen LogP contribution >= 0.6 is 0 Å². The summed E-state index contributed by atoms with van der Waals surface area (Å²) in [5.41, 5.74) is 0. The van der Waals surface area contributed by atoms with Crippen LogP contribution in [0.4, 0.5) is 0 Å². The first-order valence-electron chi connectivity index (χ1n) is 42.0. The van der Waals surface area contributed by atoms with Crippen LogP contribution in [0.2, 0.25) is 0 Å². The summed E-state index contributed by atoms with van der Waals surface area (Å²) in [6.45, 7) is 1.65. The number of allylic oxidation sites excluding steroid dienone is 15. The molecular formula is C86H151NO18. The second-order valence-corrected chi connectivity index (χ2v) is 29.6. The number of unbranched alkanes of at least 4 members (excludes halogenated alkanes) is 36. The van der Waals surface area contributed by atoms with Crippen LogP contribution < -0.4 is 5.32 Å². The molecule has 0 aliphatic carbocycles. The van der Waals surface area contributed by atoms with Crippen molar-refractivity contribution < 1.29 is 89.4 Å². The van der Waals surface area contributed by atoms with Gasteiger partial charge in [0, 0.05) is 6.42 Å². The van der Waals surface area contributed by atoms with Gasteiger partial charge < -0.3 is 89.9 Å². The fourth-order valence-electron chi connectivity index (χ4n) is 13.7. The number of nitrogens with one attached hydrogen (secondary N) is 1. The van der Waals surface area contributed by atoms with Gasteiger partial charge in [0.25, 0.3) is 0 Å². The van der Waals surface area contributed by atoms with E-state index >= 15 is 0 Å². The Labute approximate surface area is 634 Å². The van der Waals surface area contributed by atoms with Crippen LogP contribution in [0, 0.1) is 0 Å². The largest absolute Gasteiger partial charge is 0.394 e. The molecule has 3 fully saturated rings. The molecule has 3 saturated heterocycles. The average molecular weight is 1490 g/mol. The summed E-state index contributed by atoms with van der Waals surface area (Å²) in [5.74, 6) is -0.277. The smallest absolute Gasteiger partial charge is 0.220 e. The Morgan fingerprint density at radius 1 is 0.352 bits per heavy atom. The third-order valence-corrected chi connectivity index (χ3v) is 20.4. The molecule has 0 aromatic carbocycles. The molecule has 0 aromatic heterocycles. The number of aliphatic hydroxyl groups is 11. The highest BCUT2D eigenvalue weighted by Crippen LogP contribution is 2.33. The minimum atomic E-state index is -1.98. The van der Waals surface area contributed by atoms with Gasteiger partial charge in [-0.25, -0.2) is 0 Å². The molecule has 0 radical (unpaired) electrons. The Bertz CT molecular complexity index is 2270. The number of ether oxygens (including phenoxy) is 6. The molecule has 17 atom stereocenters. The van der Waals surface area contributed by atoms with E-state index in [0.717, 1.165) is 96.3 Å². The highest BCUT2D eigenvalue weighted by Gasteiger charge is 2.54. The number of hydrogen-bond donors (Lipinski definition) is 12. The molecule has 12 N–H and O–H groups in total. The Balaban J connectivity index is 1.36. The molecule has 19 nitrogen and oxygen atoms in total. The molecule has 105 heavy (non-hydrogen) atoms. The van der Waals surface area contributed by atoms with E-state index in [1.165, 1.54) is 186 Å². The summed E-state index contributed by atoms with van der Waals surface area (Å²) in [6, 6.07) is -0.981. The van der Waals surface area contributed by atoms with Crippen LogP contribution in [0.3, 0.4) is 0 Å². The van der Waals surface area contributed by atoms with E-state index in [-0.39, 0.29) is 18.9 Å². The zero-order valence-corrected chi connectivity index (χ0v) is 65.2. The number of aliphatic hydroxyl groups excluding tert-OH is 11. The van der Waals surface area contributed by atoms with Gasteiger partial charge in [-0.3, -0.25) is 4.79 Å². The first kappa shape index (κ1) is 95.9. The molecule has 3 heterocycles. The number of hydrogen-bond acceptors (Lipinski definition) is 18. The Hall–Kier alpha value is -3.29. The molecule has 0 saturated carbocycles. The van der Waals surface area contributed by atoms with Gasteiger partial charge in [0.05, 0.1) is 38.6 Å². The number of amides is 1. The lowest BCUT2D eigenvalue weighted by Gasteiger charge is -2.48.